The molecule has 0 spiro atoms. The van der Waals surface area contributed by atoms with Crippen molar-refractivity contribution >= 4 is 5.91 Å². The molecule has 2 radical (unpaired) electrons. The summed E-state index contributed by atoms with van der Waals surface area (Å²) in [6.45, 7) is 1.64. The Morgan fingerprint density at radius 2 is 1.82 bits per heavy atom. The molecule has 58 valence electrons. The van der Waals surface area contributed by atoms with E-state index in [1.54, 1.807) is 6.92 Å². The van der Waals surface area contributed by atoms with Crippen molar-refractivity contribution in [2.75, 3.05) is 0 Å². The van der Waals surface area contributed by atoms with Crippen molar-refractivity contribution in [2.24, 2.45) is 0 Å². The number of aliphatic hydroxyl groups excluding tert-OH is 2. The Balaban J connectivity index is 0. The molecule has 1 heterocycles. The van der Waals surface area contributed by atoms with E-state index in [0.29, 0.717) is 0 Å². The molecule has 0 saturated carbocycles. The fourth-order valence-electron chi connectivity index (χ4n) is 0.824. The van der Waals surface area contributed by atoms with Gasteiger partial charge in [-0.3, -0.25) is 4.79 Å². The molecule has 0 aromatic heterocycles. The predicted octanol–water partition coefficient (Wildman–Crippen LogP) is -1.77. The Morgan fingerprint density at radius 3 is 1.91 bits per heavy atom. The zero-order chi connectivity index (χ0) is 7.02. The Labute approximate surface area is 137 Å². The summed E-state index contributed by atoms with van der Waals surface area (Å²) in [5.41, 5.74) is 0. The van der Waals surface area contributed by atoms with Gasteiger partial charge in [0.25, 0.3) is 5.91 Å². The Kier molecular flexibility index (Phi) is 9.56. The van der Waals surface area contributed by atoms with Gasteiger partial charge in [0.2, 0.25) is 0 Å². The van der Waals surface area contributed by atoms with Crippen LogP contribution in [0, 0.1) is 88.1 Å². The number of carbonyl (C=O) groups is 1. The van der Waals surface area contributed by atoms with E-state index in [1.165, 1.54) is 0 Å². The Morgan fingerprint density at radius 1 is 1.36 bits per heavy atom. The average Bonchev–Trinajstić information content (AvgIpc) is 1.98. The molecular weight excluding hydrogens is 576 g/mol. The van der Waals surface area contributed by atoms with E-state index in [9.17, 15) is 4.79 Å². The SMILES string of the molecule is CC1NC(=O)[C@H](O)[C@@H]1O.[Ac].[Ac]. The van der Waals surface area contributed by atoms with Gasteiger partial charge < -0.3 is 15.5 Å². The molecule has 1 rings (SSSR count). The minimum Gasteiger partial charge on any atom is -0.388 e. The van der Waals surface area contributed by atoms with Crippen LogP contribution in [0.15, 0.2) is 0 Å². The van der Waals surface area contributed by atoms with Crippen LogP contribution in [0.1, 0.15) is 6.92 Å². The van der Waals surface area contributed by atoms with Gasteiger partial charge in [-0.05, 0) is 6.92 Å². The first-order chi connectivity index (χ1) is 4.13. The molecule has 1 unspecified atom stereocenters. The maximum atomic E-state index is 10.5. The largest absolute Gasteiger partial charge is 0.388 e. The Hall–Kier alpha value is 2.27. The van der Waals surface area contributed by atoms with Gasteiger partial charge in [-0.25, -0.2) is 0 Å². The average molecular weight is 585 g/mol. The third-order valence-corrected chi connectivity index (χ3v) is 1.47. The molecule has 1 amide bonds. The van der Waals surface area contributed by atoms with Crippen LogP contribution >= 0.6 is 0 Å². The zero-order valence-electron chi connectivity index (χ0n) is 6.19. The molecule has 3 atom stereocenters. The predicted molar refractivity (Wildman–Crippen MR) is 29.6 cm³/mol. The molecule has 1 aliphatic heterocycles. The van der Waals surface area contributed by atoms with E-state index in [0.717, 1.165) is 0 Å². The molecule has 1 aliphatic rings. The molecular formula is C5H9Ac2NO3. The van der Waals surface area contributed by atoms with E-state index in [1.807, 2.05) is 0 Å². The van der Waals surface area contributed by atoms with Gasteiger partial charge in [0, 0.05) is 88.1 Å². The van der Waals surface area contributed by atoms with E-state index in [-0.39, 0.29) is 94.2 Å². The van der Waals surface area contributed by atoms with E-state index >= 15 is 0 Å². The summed E-state index contributed by atoms with van der Waals surface area (Å²) in [5, 5.41) is 20.1. The molecule has 0 bridgehead atoms. The molecule has 11 heavy (non-hydrogen) atoms. The standard InChI is InChI=1S/C5H9NO3.2Ac/c1-2-3(7)4(8)5(9)6-2;;/h2-4,7-8H,1H3,(H,6,9);;/t2?,3-,4-;;/m1../s1. The van der Waals surface area contributed by atoms with Gasteiger partial charge >= 0.3 is 0 Å². The number of rotatable bonds is 0. The maximum Gasteiger partial charge on any atom is 0.251 e. The van der Waals surface area contributed by atoms with E-state index in [2.05, 4.69) is 5.32 Å². The van der Waals surface area contributed by atoms with Gasteiger partial charge in [-0.15, -0.1) is 0 Å². The minimum absolute atomic E-state index is 0. The van der Waals surface area contributed by atoms with Gasteiger partial charge in [-0.2, -0.15) is 0 Å². The number of aliphatic hydroxyl groups is 2. The smallest absolute Gasteiger partial charge is 0.251 e. The first-order valence-electron chi connectivity index (χ1n) is 2.79. The van der Waals surface area contributed by atoms with Crippen molar-refractivity contribution in [1.82, 2.24) is 5.32 Å². The number of carbonyl (C=O) groups excluding carboxylic acids is 1. The maximum absolute atomic E-state index is 10.5. The van der Waals surface area contributed by atoms with Gasteiger partial charge in [0.15, 0.2) is 6.10 Å². The zero-order valence-corrected chi connectivity index (χ0v) is 15.7. The van der Waals surface area contributed by atoms with Crippen LogP contribution in [-0.4, -0.2) is 34.4 Å². The van der Waals surface area contributed by atoms with Crippen molar-refractivity contribution in [3.05, 3.63) is 0 Å². The molecule has 1 saturated heterocycles. The monoisotopic (exact) mass is 585 g/mol. The molecule has 0 aliphatic carbocycles. The Bertz CT molecular complexity index is 144. The number of nitrogens with one attached hydrogen (secondary N) is 1. The number of amides is 1. The second-order valence-electron chi connectivity index (χ2n) is 2.23. The van der Waals surface area contributed by atoms with Gasteiger partial charge in [0.05, 0.1) is 6.04 Å². The normalized spacial score (nSPS) is 35.2. The van der Waals surface area contributed by atoms with Crippen LogP contribution in [-0.2, 0) is 4.79 Å². The van der Waals surface area contributed by atoms with Crippen LogP contribution in [0.3, 0.4) is 0 Å². The van der Waals surface area contributed by atoms with Crippen molar-refractivity contribution < 1.29 is 103 Å². The van der Waals surface area contributed by atoms with Crippen molar-refractivity contribution in [1.29, 1.82) is 0 Å². The summed E-state index contributed by atoms with van der Waals surface area (Å²) in [7, 11) is 0. The topological polar surface area (TPSA) is 69.6 Å². The van der Waals surface area contributed by atoms with Crippen LogP contribution < -0.4 is 5.32 Å². The van der Waals surface area contributed by atoms with Crippen molar-refractivity contribution in [2.45, 2.75) is 25.2 Å². The van der Waals surface area contributed by atoms with Gasteiger partial charge in [-0.1, -0.05) is 0 Å². The van der Waals surface area contributed by atoms with E-state index < -0.39 is 18.1 Å². The summed E-state index contributed by atoms with van der Waals surface area (Å²) >= 11 is 0. The molecule has 1 fully saturated rings. The van der Waals surface area contributed by atoms with Crippen LogP contribution in [0.4, 0.5) is 0 Å². The number of hydrogen-bond donors (Lipinski definition) is 3. The summed E-state index contributed by atoms with van der Waals surface area (Å²) in [6.07, 6.45) is -2.18. The second kappa shape index (κ2) is 6.69. The fourth-order valence-corrected chi connectivity index (χ4v) is 0.824. The quantitative estimate of drug-likeness (QED) is 0.316. The summed E-state index contributed by atoms with van der Waals surface area (Å²) < 4.78 is 0. The summed E-state index contributed by atoms with van der Waals surface area (Å²) in [4.78, 5) is 10.5. The third kappa shape index (κ3) is 3.88. The molecule has 3 N–H and O–H groups in total. The molecule has 6 heteroatoms. The number of hydrogen-bond acceptors (Lipinski definition) is 3. The van der Waals surface area contributed by atoms with Crippen LogP contribution in [0.5, 0.6) is 0 Å². The molecule has 0 aromatic rings. The van der Waals surface area contributed by atoms with Crippen LogP contribution in [0.2, 0.25) is 0 Å². The van der Waals surface area contributed by atoms with Crippen LogP contribution in [0.25, 0.3) is 0 Å². The van der Waals surface area contributed by atoms with E-state index in [4.69, 9.17) is 10.2 Å². The fraction of sp³-hybridized carbons (Fsp3) is 0.800. The first-order valence-corrected chi connectivity index (χ1v) is 2.79. The van der Waals surface area contributed by atoms with Crippen molar-refractivity contribution in [3.63, 3.8) is 0 Å². The first kappa shape index (κ1) is 15.7. The second-order valence-corrected chi connectivity index (χ2v) is 2.23. The van der Waals surface area contributed by atoms with Gasteiger partial charge in [0.1, 0.15) is 6.10 Å². The third-order valence-electron chi connectivity index (χ3n) is 1.47. The minimum atomic E-state index is -1.24. The summed E-state index contributed by atoms with van der Waals surface area (Å²) in [5.74, 6) is -0.491. The molecule has 0 aromatic carbocycles. The van der Waals surface area contributed by atoms with Crippen molar-refractivity contribution in [3.8, 4) is 0 Å². The summed E-state index contributed by atoms with van der Waals surface area (Å²) in [6, 6.07) is -0.326. The molecule has 4 nitrogen and oxygen atoms in total.